The third-order valence-electron chi connectivity index (χ3n) is 4.19. The van der Waals surface area contributed by atoms with E-state index < -0.39 is 29.5 Å². The fraction of sp³-hybridized carbons (Fsp3) is 0.250. The number of benzene rings is 1. The number of furan rings is 1. The van der Waals surface area contributed by atoms with Gasteiger partial charge in [0.15, 0.2) is 11.5 Å². The first-order chi connectivity index (χ1) is 12.9. The molecule has 2 heterocycles. The average molecular weight is 369 g/mol. The van der Waals surface area contributed by atoms with E-state index in [1.807, 2.05) is 6.92 Å². The summed E-state index contributed by atoms with van der Waals surface area (Å²) >= 11 is 0. The molecule has 1 aliphatic rings. The molecule has 0 bridgehead atoms. The maximum atomic E-state index is 12.9. The molecule has 0 saturated heterocycles. The molecule has 0 spiro atoms. The zero-order valence-corrected chi connectivity index (χ0v) is 15.0. The van der Waals surface area contributed by atoms with Crippen molar-refractivity contribution in [2.75, 3.05) is 6.54 Å². The summed E-state index contributed by atoms with van der Waals surface area (Å²) in [6.45, 7) is 3.52. The zero-order valence-electron chi connectivity index (χ0n) is 15.0. The number of aliphatic hydroxyl groups is 1. The molecule has 1 N–H and O–H groups in total. The van der Waals surface area contributed by atoms with Crippen molar-refractivity contribution in [3.05, 3.63) is 65.3 Å². The molecule has 7 nitrogen and oxygen atoms in total. The number of hydrogen-bond acceptors (Lipinski definition) is 6. The lowest BCUT2D eigenvalue weighted by Crippen LogP contribution is -2.31. The van der Waals surface area contributed by atoms with E-state index >= 15 is 0 Å². The Bertz CT molecular complexity index is 912. The van der Waals surface area contributed by atoms with Crippen LogP contribution in [0.2, 0.25) is 0 Å². The second-order valence-electron chi connectivity index (χ2n) is 6.14. The summed E-state index contributed by atoms with van der Waals surface area (Å²) in [7, 11) is 0. The lowest BCUT2D eigenvalue weighted by atomic mass is 9.95. The third kappa shape index (κ3) is 3.48. The van der Waals surface area contributed by atoms with Gasteiger partial charge < -0.3 is 19.2 Å². The number of Topliss-reactive ketones (excluding diaryl/α,β-unsaturated/α-hetero) is 1. The number of nitrogens with zero attached hydrogens (tertiary/aromatic N) is 1. The van der Waals surface area contributed by atoms with Gasteiger partial charge in [-0.25, -0.2) is 0 Å². The summed E-state index contributed by atoms with van der Waals surface area (Å²) in [6.07, 6.45) is 1.99. The van der Waals surface area contributed by atoms with Crippen LogP contribution in [0.1, 0.15) is 42.4 Å². The highest BCUT2D eigenvalue weighted by molar-refractivity contribution is 6.15. The minimum atomic E-state index is -0.800. The van der Waals surface area contributed by atoms with Gasteiger partial charge in [0.1, 0.15) is 5.75 Å². The fourth-order valence-electron chi connectivity index (χ4n) is 3.16. The molecule has 0 saturated carbocycles. The van der Waals surface area contributed by atoms with Gasteiger partial charge >= 0.3 is 5.97 Å². The molecule has 1 amide bonds. The van der Waals surface area contributed by atoms with Crippen LogP contribution in [0.4, 0.5) is 0 Å². The Morgan fingerprint density at radius 2 is 2.04 bits per heavy atom. The molecule has 3 rings (SSSR count). The van der Waals surface area contributed by atoms with Gasteiger partial charge in [-0.1, -0.05) is 19.1 Å². The number of carbonyl (C=O) groups excluding carboxylic acids is 3. The monoisotopic (exact) mass is 369 g/mol. The minimum Gasteiger partial charge on any atom is -0.503 e. The third-order valence-corrected chi connectivity index (χ3v) is 4.19. The van der Waals surface area contributed by atoms with Crippen LogP contribution in [0.5, 0.6) is 5.75 Å². The molecule has 1 aromatic heterocycles. The van der Waals surface area contributed by atoms with Crippen LogP contribution in [0.3, 0.4) is 0 Å². The topological polar surface area (TPSA) is 97.1 Å². The summed E-state index contributed by atoms with van der Waals surface area (Å²) in [4.78, 5) is 38.1. The second kappa shape index (κ2) is 7.49. The number of ether oxygens (including phenoxy) is 1. The molecule has 1 unspecified atom stereocenters. The molecule has 1 aromatic carbocycles. The predicted molar refractivity (Wildman–Crippen MR) is 95.2 cm³/mol. The summed E-state index contributed by atoms with van der Waals surface area (Å²) < 4.78 is 10.3. The number of esters is 1. The summed E-state index contributed by atoms with van der Waals surface area (Å²) in [5, 5.41) is 10.4. The van der Waals surface area contributed by atoms with E-state index in [1.54, 1.807) is 30.3 Å². The van der Waals surface area contributed by atoms with E-state index in [0.29, 0.717) is 24.3 Å². The molecule has 27 heavy (non-hydrogen) atoms. The van der Waals surface area contributed by atoms with Crippen molar-refractivity contribution >= 4 is 17.7 Å². The molecule has 0 radical (unpaired) electrons. The highest BCUT2D eigenvalue weighted by atomic mass is 16.5. The summed E-state index contributed by atoms with van der Waals surface area (Å²) in [6, 6.07) is 8.78. The Balaban J connectivity index is 2.08. The summed E-state index contributed by atoms with van der Waals surface area (Å²) in [5.41, 5.74) is 0.498. The van der Waals surface area contributed by atoms with Crippen molar-refractivity contribution in [3.8, 4) is 5.75 Å². The van der Waals surface area contributed by atoms with E-state index in [1.165, 1.54) is 24.2 Å². The largest absolute Gasteiger partial charge is 0.503 e. The molecule has 0 aliphatic carbocycles. The second-order valence-corrected chi connectivity index (χ2v) is 6.14. The van der Waals surface area contributed by atoms with Gasteiger partial charge in [-0.15, -0.1) is 0 Å². The first kappa shape index (κ1) is 18.4. The molecule has 2 aromatic rings. The van der Waals surface area contributed by atoms with E-state index in [2.05, 4.69) is 0 Å². The number of aliphatic hydroxyl groups excluding tert-OH is 1. The first-order valence-electron chi connectivity index (χ1n) is 8.54. The van der Waals surface area contributed by atoms with E-state index in [0.717, 1.165) is 0 Å². The van der Waals surface area contributed by atoms with Gasteiger partial charge in [-0.2, -0.15) is 0 Å². The van der Waals surface area contributed by atoms with Crippen LogP contribution < -0.4 is 4.74 Å². The van der Waals surface area contributed by atoms with E-state index in [4.69, 9.17) is 9.15 Å². The fourth-order valence-corrected chi connectivity index (χ4v) is 3.16. The summed E-state index contributed by atoms with van der Waals surface area (Å²) in [5.74, 6) is -1.93. The maximum absolute atomic E-state index is 12.9. The Kier molecular flexibility index (Phi) is 5.12. The standard InChI is InChI=1S/C20H19NO6/c1-3-9-21-17(13-6-4-7-14(11-13)27-12(2)22)16(19(24)20(21)25)18(23)15-8-5-10-26-15/h4-8,10-11,17,24H,3,9H2,1-2H3. The first-order valence-corrected chi connectivity index (χ1v) is 8.54. The normalized spacial score (nSPS) is 16.7. The minimum absolute atomic E-state index is 0.0313. The van der Waals surface area contributed by atoms with Gasteiger partial charge in [-0.3, -0.25) is 14.4 Å². The van der Waals surface area contributed by atoms with Crippen molar-refractivity contribution in [2.45, 2.75) is 26.3 Å². The highest BCUT2D eigenvalue weighted by Gasteiger charge is 2.44. The van der Waals surface area contributed by atoms with Crippen molar-refractivity contribution in [1.29, 1.82) is 0 Å². The molecular weight excluding hydrogens is 350 g/mol. The van der Waals surface area contributed by atoms with E-state index in [-0.39, 0.29) is 11.3 Å². The SMILES string of the molecule is CCCN1C(=O)C(O)=C(C(=O)c2ccco2)C1c1cccc(OC(C)=O)c1. The van der Waals surface area contributed by atoms with Gasteiger partial charge in [0.2, 0.25) is 5.78 Å². The zero-order chi connectivity index (χ0) is 19.6. The molecule has 1 atom stereocenters. The average Bonchev–Trinajstić information content (AvgIpc) is 3.24. The smallest absolute Gasteiger partial charge is 0.308 e. The van der Waals surface area contributed by atoms with Crippen molar-refractivity contribution in [2.24, 2.45) is 0 Å². The molecule has 1 aliphatic heterocycles. The Morgan fingerprint density at radius 1 is 1.26 bits per heavy atom. The number of carbonyl (C=O) groups is 3. The Hall–Kier alpha value is -3.35. The number of hydrogen-bond donors (Lipinski definition) is 1. The van der Waals surface area contributed by atoms with Crippen LogP contribution in [0.25, 0.3) is 0 Å². The molecule has 0 fully saturated rings. The number of amides is 1. The predicted octanol–water partition coefficient (Wildman–Crippen LogP) is 3.19. The molecule has 7 heteroatoms. The van der Waals surface area contributed by atoms with Crippen LogP contribution in [0, 0.1) is 0 Å². The number of rotatable bonds is 6. The lowest BCUT2D eigenvalue weighted by molar-refractivity contribution is -0.132. The highest BCUT2D eigenvalue weighted by Crippen LogP contribution is 2.39. The van der Waals surface area contributed by atoms with Crippen molar-refractivity contribution in [3.63, 3.8) is 0 Å². The van der Waals surface area contributed by atoms with E-state index in [9.17, 15) is 19.5 Å². The lowest BCUT2D eigenvalue weighted by Gasteiger charge is -2.26. The Morgan fingerprint density at radius 3 is 2.67 bits per heavy atom. The van der Waals surface area contributed by atoms with Crippen LogP contribution in [-0.2, 0) is 9.59 Å². The van der Waals surface area contributed by atoms with Gasteiger partial charge in [0.05, 0.1) is 17.9 Å². The van der Waals surface area contributed by atoms with Crippen molar-refractivity contribution in [1.82, 2.24) is 4.90 Å². The van der Waals surface area contributed by atoms with Crippen LogP contribution >= 0.6 is 0 Å². The molecular formula is C20H19NO6. The quantitative estimate of drug-likeness (QED) is 0.477. The van der Waals surface area contributed by atoms with Gasteiger partial charge in [0, 0.05) is 13.5 Å². The van der Waals surface area contributed by atoms with Gasteiger partial charge in [-0.05, 0) is 36.2 Å². The Labute approximate surface area is 155 Å². The van der Waals surface area contributed by atoms with Crippen LogP contribution in [-0.4, -0.2) is 34.2 Å². The van der Waals surface area contributed by atoms with Gasteiger partial charge in [0.25, 0.3) is 5.91 Å². The maximum Gasteiger partial charge on any atom is 0.308 e. The molecule has 140 valence electrons. The van der Waals surface area contributed by atoms with Crippen LogP contribution in [0.15, 0.2) is 58.4 Å². The number of ketones is 1. The van der Waals surface area contributed by atoms with Crippen molar-refractivity contribution < 1.29 is 28.6 Å².